The molecule has 0 amide bonds. The second-order valence-electron chi connectivity index (χ2n) is 5.60. The minimum Gasteiger partial charge on any atom is -0.317 e. The second-order valence-corrected chi connectivity index (χ2v) is 5.60. The zero-order valence-corrected chi connectivity index (χ0v) is 11.6. The van der Waals surface area contributed by atoms with E-state index in [1.165, 1.54) is 45.4 Å². The largest absolute Gasteiger partial charge is 0.317 e. The van der Waals surface area contributed by atoms with E-state index in [2.05, 4.69) is 37.9 Å². The molecule has 0 aromatic carbocycles. The Hall–Kier alpha value is -0.0800. The molecule has 0 unspecified atom stereocenters. The summed E-state index contributed by atoms with van der Waals surface area (Å²) in [6.45, 7) is 14.3. The van der Waals surface area contributed by atoms with Crippen LogP contribution in [0.3, 0.4) is 0 Å². The lowest BCUT2D eigenvalue weighted by molar-refractivity contribution is 0.160. The molecule has 0 radical (unpaired) electrons. The van der Waals surface area contributed by atoms with E-state index in [1.54, 1.807) is 0 Å². The van der Waals surface area contributed by atoms with Gasteiger partial charge in [0.2, 0.25) is 0 Å². The van der Waals surface area contributed by atoms with Gasteiger partial charge in [-0.2, -0.15) is 0 Å². The van der Waals surface area contributed by atoms with Gasteiger partial charge in [0.1, 0.15) is 0 Å². The van der Waals surface area contributed by atoms with Crippen LogP contribution < -0.4 is 5.32 Å². The Bertz CT molecular complexity index is 174. The van der Waals surface area contributed by atoms with Crippen LogP contribution in [0.25, 0.3) is 0 Å². The first-order chi connectivity index (χ1) is 7.65. The van der Waals surface area contributed by atoms with E-state index >= 15 is 0 Å². The maximum absolute atomic E-state index is 3.44. The summed E-state index contributed by atoms with van der Waals surface area (Å²) in [6.07, 6.45) is 4.16. The first kappa shape index (κ1) is 14.0. The van der Waals surface area contributed by atoms with Crippen molar-refractivity contribution in [2.24, 2.45) is 11.8 Å². The molecule has 0 spiro atoms. The number of nitrogens with one attached hydrogen (secondary N) is 1. The first-order valence-corrected chi connectivity index (χ1v) is 7.09. The fourth-order valence-corrected chi connectivity index (χ4v) is 2.59. The van der Waals surface area contributed by atoms with Gasteiger partial charge >= 0.3 is 0 Å². The molecular weight excluding hydrogens is 196 g/mol. The first-order valence-electron chi connectivity index (χ1n) is 7.09. The molecule has 1 N–H and O–H groups in total. The molecule has 1 saturated heterocycles. The summed E-state index contributed by atoms with van der Waals surface area (Å²) in [5.41, 5.74) is 0. The Kier molecular flexibility index (Phi) is 6.37. The lowest BCUT2D eigenvalue weighted by Gasteiger charge is -2.32. The zero-order valence-electron chi connectivity index (χ0n) is 11.6. The normalized spacial score (nSPS) is 20.6. The van der Waals surface area contributed by atoms with Crippen molar-refractivity contribution in [3.63, 3.8) is 0 Å². The summed E-state index contributed by atoms with van der Waals surface area (Å²) in [5.74, 6) is 1.74. The van der Waals surface area contributed by atoms with E-state index in [4.69, 9.17) is 0 Å². The van der Waals surface area contributed by atoms with Crippen molar-refractivity contribution in [2.75, 3.05) is 26.2 Å². The molecular formula is C14H30N2. The van der Waals surface area contributed by atoms with Gasteiger partial charge in [0.15, 0.2) is 0 Å². The van der Waals surface area contributed by atoms with Crippen LogP contribution in [0.1, 0.15) is 47.0 Å². The molecule has 1 aliphatic rings. The maximum Gasteiger partial charge on any atom is 0.00898 e. The van der Waals surface area contributed by atoms with E-state index in [9.17, 15) is 0 Å². The summed E-state index contributed by atoms with van der Waals surface area (Å²) in [7, 11) is 0. The summed E-state index contributed by atoms with van der Waals surface area (Å²) in [5, 5.41) is 3.44. The summed E-state index contributed by atoms with van der Waals surface area (Å²) < 4.78 is 0. The van der Waals surface area contributed by atoms with Crippen LogP contribution in [0, 0.1) is 11.8 Å². The summed E-state index contributed by atoms with van der Waals surface area (Å²) >= 11 is 0. The third kappa shape index (κ3) is 4.42. The fourth-order valence-electron chi connectivity index (χ4n) is 2.59. The monoisotopic (exact) mass is 226 g/mol. The predicted octanol–water partition coefficient (Wildman–Crippen LogP) is 2.74. The molecule has 0 saturated carbocycles. The summed E-state index contributed by atoms with van der Waals surface area (Å²) in [4.78, 5) is 2.65. The Labute approximate surface area is 102 Å². The number of piperidine rings is 1. The number of nitrogens with zero attached hydrogens (tertiary/aromatic N) is 1. The minimum absolute atomic E-state index is 0.728. The number of hydrogen-bond donors (Lipinski definition) is 1. The highest BCUT2D eigenvalue weighted by Gasteiger charge is 2.18. The van der Waals surface area contributed by atoms with Gasteiger partial charge in [-0.25, -0.2) is 0 Å². The lowest BCUT2D eigenvalue weighted by atomic mass is 9.94. The lowest BCUT2D eigenvalue weighted by Crippen LogP contribution is -2.38. The van der Waals surface area contributed by atoms with Crippen LogP contribution in [0.15, 0.2) is 0 Å². The molecule has 1 rings (SSSR count). The van der Waals surface area contributed by atoms with Crippen LogP contribution in [-0.2, 0) is 0 Å². The van der Waals surface area contributed by atoms with E-state index in [0.717, 1.165) is 17.9 Å². The SMILES string of the molecule is CCN(CCC1CCNCC1)[C@@H](C)C(C)C. The molecule has 0 aliphatic carbocycles. The quantitative estimate of drug-likeness (QED) is 0.749. The molecule has 1 aliphatic heterocycles. The van der Waals surface area contributed by atoms with Gasteiger partial charge in [-0.05, 0) is 64.2 Å². The molecule has 96 valence electrons. The predicted molar refractivity (Wildman–Crippen MR) is 71.8 cm³/mol. The average molecular weight is 226 g/mol. The van der Waals surface area contributed by atoms with Crippen molar-refractivity contribution >= 4 is 0 Å². The highest BCUT2D eigenvalue weighted by Crippen LogP contribution is 2.18. The van der Waals surface area contributed by atoms with E-state index < -0.39 is 0 Å². The number of rotatable bonds is 6. The van der Waals surface area contributed by atoms with Crippen molar-refractivity contribution in [1.82, 2.24) is 10.2 Å². The van der Waals surface area contributed by atoms with E-state index in [0.29, 0.717) is 0 Å². The van der Waals surface area contributed by atoms with Gasteiger partial charge in [0.25, 0.3) is 0 Å². The van der Waals surface area contributed by atoms with Crippen molar-refractivity contribution in [2.45, 2.75) is 53.0 Å². The Morgan fingerprint density at radius 2 is 1.81 bits per heavy atom. The topological polar surface area (TPSA) is 15.3 Å². The third-order valence-electron chi connectivity index (χ3n) is 4.23. The Morgan fingerprint density at radius 1 is 1.19 bits per heavy atom. The second kappa shape index (κ2) is 7.29. The standard InChI is InChI=1S/C14H30N2/c1-5-16(13(4)12(2)3)11-8-14-6-9-15-10-7-14/h12-15H,5-11H2,1-4H3/t13-/m0/s1. The van der Waals surface area contributed by atoms with Crippen LogP contribution in [0.5, 0.6) is 0 Å². The minimum atomic E-state index is 0.728. The molecule has 2 nitrogen and oxygen atoms in total. The van der Waals surface area contributed by atoms with E-state index in [-0.39, 0.29) is 0 Å². The molecule has 16 heavy (non-hydrogen) atoms. The fraction of sp³-hybridized carbons (Fsp3) is 1.00. The van der Waals surface area contributed by atoms with Crippen molar-refractivity contribution in [1.29, 1.82) is 0 Å². The van der Waals surface area contributed by atoms with Gasteiger partial charge in [-0.1, -0.05) is 20.8 Å². The van der Waals surface area contributed by atoms with Gasteiger partial charge in [-0.15, -0.1) is 0 Å². The van der Waals surface area contributed by atoms with Crippen LogP contribution in [0.4, 0.5) is 0 Å². The average Bonchev–Trinajstić information content (AvgIpc) is 2.30. The Morgan fingerprint density at radius 3 is 2.31 bits per heavy atom. The van der Waals surface area contributed by atoms with Crippen molar-refractivity contribution in [3.8, 4) is 0 Å². The zero-order chi connectivity index (χ0) is 12.0. The van der Waals surface area contributed by atoms with Gasteiger partial charge in [0.05, 0.1) is 0 Å². The molecule has 0 bridgehead atoms. The highest BCUT2D eigenvalue weighted by atomic mass is 15.1. The van der Waals surface area contributed by atoms with Gasteiger partial charge in [0, 0.05) is 6.04 Å². The van der Waals surface area contributed by atoms with Crippen LogP contribution in [-0.4, -0.2) is 37.1 Å². The molecule has 1 heterocycles. The van der Waals surface area contributed by atoms with Crippen LogP contribution in [0.2, 0.25) is 0 Å². The van der Waals surface area contributed by atoms with Crippen LogP contribution >= 0.6 is 0 Å². The maximum atomic E-state index is 3.44. The van der Waals surface area contributed by atoms with Crippen molar-refractivity contribution < 1.29 is 0 Å². The molecule has 0 aromatic rings. The molecule has 2 heteroatoms. The molecule has 1 atom stereocenters. The molecule has 1 fully saturated rings. The Balaban J connectivity index is 2.27. The highest BCUT2D eigenvalue weighted by molar-refractivity contribution is 4.73. The van der Waals surface area contributed by atoms with E-state index in [1.807, 2.05) is 0 Å². The third-order valence-corrected chi connectivity index (χ3v) is 4.23. The molecule has 0 aromatic heterocycles. The van der Waals surface area contributed by atoms with Crippen molar-refractivity contribution in [3.05, 3.63) is 0 Å². The van der Waals surface area contributed by atoms with Gasteiger partial charge < -0.3 is 10.2 Å². The number of hydrogen-bond acceptors (Lipinski definition) is 2. The van der Waals surface area contributed by atoms with Gasteiger partial charge in [-0.3, -0.25) is 0 Å². The summed E-state index contributed by atoms with van der Waals surface area (Å²) in [6, 6.07) is 0.728. The smallest absolute Gasteiger partial charge is 0.00898 e.